The minimum absolute atomic E-state index is 0.111. The molecule has 0 N–H and O–H groups in total. The number of anilines is 2. The zero-order valence-electron chi connectivity index (χ0n) is 30.8. The monoisotopic (exact) mass is 685 g/mol. The fourth-order valence-corrected chi connectivity index (χ4v) is 7.15. The number of hydrogen-bond donors (Lipinski definition) is 0. The Morgan fingerprint density at radius 1 is 0.528 bits per heavy atom. The molecule has 0 aliphatic heterocycles. The van der Waals surface area contributed by atoms with Crippen LogP contribution in [0.1, 0.15) is 38.7 Å². The summed E-state index contributed by atoms with van der Waals surface area (Å²) in [5, 5.41) is 0. The molecular weight excluding hydrogens is 639 g/mol. The van der Waals surface area contributed by atoms with E-state index >= 15 is 0 Å². The lowest BCUT2D eigenvalue weighted by molar-refractivity contribution is 0.764. The molecule has 0 radical (unpaired) electrons. The third-order valence-corrected chi connectivity index (χ3v) is 10.1. The lowest BCUT2D eigenvalue weighted by Crippen LogP contribution is -2.31. The maximum atomic E-state index is 2.51. The van der Waals surface area contributed by atoms with Crippen LogP contribution >= 0.6 is 0 Å². The van der Waals surface area contributed by atoms with Gasteiger partial charge in [0.2, 0.25) is 0 Å². The van der Waals surface area contributed by atoms with E-state index in [2.05, 4.69) is 225 Å². The molecule has 0 aromatic heterocycles. The van der Waals surface area contributed by atoms with E-state index in [4.69, 9.17) is 0 Å². The van der Waals surface area contributed by atoms with Gasteiger partial charge in [0.05, 0.1) is 6.04 Å². The average molecular weight is 686 g/mol. The summed E-state index contributed by atoms with van der Waals surface area (Å²) in [6, 6.07) is 50.3. The molecule has 260 valence electrons. The molecule has 0 spiro atoms. The lowest BCUT2D eigenvalue weighted by Gasteiger charge is -2.35. The molecule has 0 bridgehead atoms. The molecule has 0 fully saturated rings. The third kappa shape index (κ3) is 8.83. The molecule has 7 rings (SSSR count). The second-order valence-corrected chi connectivity index (χ2v) is 13.7. The van der Waals surface area contributed by atoms with Crippen LogP contribution in [0.25, 0.3) is 27.8 Å². The van der Waals surface area contributed by atoms with Crippen molar-refractivity contribution in [2.75, 3.05) is 4.90 Å². The summed E-state index contributed by atoms with van der Waals surface area (Å²) in [6.45, 7) is 4.51. The highest BCUT2D eigenvalue weighted by atomic mass is 15.2. The van der Waals surface area contributed by atoms with Crippen molar-refractivity contribution in [1.29, 1.82) is 0 Å². The predicted molar refractivity (Wildman–Crippen MR) is 229 cm³/mol. The first-order chi connectivity index (χ1) is 26.1. The summed E-state index contributed by atoms with van der Waals surface area (Å²) in [5.74, 6) is 0. The zero-order valence-corrected chi connectivity index (χ0v) is 30.8. The van der Waals surface area contributed by atoms with Gasteiger partial charge in [-0.05, 0) is 113 Å². The van der Waals surface area contributed by atoms with Gasteiger partial charge >= 0.3 is 0 Å². The highest BCUT2D eigenvalue weighted by Crippen LogP contribution is 2.39. The van der Waals surface area contributed by atoms with Crippen LogP contribution in [0.3, 0.4) is 0 Å². The molecule has 1 atom stereocenters. The summed E-state index contributed by atoms with van der Waals surface area (Å²) in [7, 11) is 0. The molecule has 2 aliphatic carbocycles. The standard InChI is InChI=1S/C52H47N/c1-40(42-19-11-6-4-3-5-7-12-20-42)27-28-41(2)52-39-50(37-38-51(52)47-25-17-10-18-26-47)53(48-33-29-45(30-34-48)43-21-13-8-14-22-43)49-35-31-46(32-36-49)44-23-15-9-16-24-44/h3-4,6-18,20-38,50H,5,19,39H2,1-2H3/b4-3-,11-6-,12-7-,40-27+,41-28+,42-20+. The Kier molecular flexibility index (Phi) is 11.5. The van der Waals surface area contributed by atoms with Gasteiger partial charge in [-0.2, -0.15) is 0 Å². The first-order valence-electron chi connectivity index (χ1n) is 18.7. The molecular formula is C52H47N. The molecule has 2 aliphatic rings. The molecule has 53 heavy (non-hydrogen) atoms. The van der Waals surface area contributed by atoms with E-state index < -0.39 is 0 Å². The van der Waals surface area contributed by atoms with Crippen molar-refractivity contribution in [3.05, 3.63) is 234 Å². The minimum Gasteiger partial charge on any atom is -0.334 e. The van der Waals surface area contributed by atoms with Gasteiger partial charge in [-0.3, -0.25) is 0 Å². The van der Waals surface area contributed by atoms with Crippen LogP contribution in [-0.4, -0.2) is 6.04 Å². The first-order valence-corrected chi connectivity index (χ1v) is 18.7. The van der Waals surface area contributed by atoms with Crippen LogP contribution in [-0.2, 0) is 0 Å². The first kappa shape index (κ1) is 35.2. The summed E-state index contributed by atoms with van der Waals surface area (Å²) >= 11 is 0. The van der Waals surface area contributed by atoms with Gasteiger partial charge < -0.3 is 4.90 Å². The van der Waals surface area contributed by atoms with Gasteiger partial charge in [-0.25, -0.2) is 0 Å². The molecule has 0 amide bonds. The molecule has 1 unspecified atom stereocenters. The highest BCUT2D eigenvalue weighted by molar-refractivity contribution is 5.82. The molecule has 0 heterocycles. The molecule has 0 saturated heterocycles. The largest absolute Gasteiger partial charge is 0.334 e. The zero-order chi connectivity index (χ0) is 36.2. The predicted octanol–water partition coefficient (Wildman–Crippen LogP) is 14.2. The van der Waals surface area contributed by atoms with Crippen LogP contribution in [0.15, 0.2) is 229 Å². The molecule has 1 nitrogen and oxygen atoms in total. The van der Waals surface area contributed by atoms with Gasteiger partial charge in [0, 0.05) is 11.4 Å². The van der Waals surface area contributed by atoms with Crippen LogP contribution in [0.2, 0.25) is 0 Å². The lowest BCUT2D eigenvalue weighted by atomic mass is 9.85. The number of hydrogen-bond acceptors (Lipinski definition) is 1. The SMILES string of the molecule is C\C(=C/C=C(C)/C1=C/C=C\C/C=C\C=C/C1)C1=C(c2ccccc2)C=CC(N(c2ccc(-c3ccccc3)cc2)c2ccc(-c3ccccc3)cc2)C1. The normalized spacial score (nSPS) is 19.2. The third-order valence-electron chi connectivity index (χ3n) is 10.1. The Labute approximate surface area is 316 Å². The van der Waals surface area contributed by atoms with Crippen molar-refractivity contribution < 1.29 is 0 Å². The molecule has 1 heteroatoms. The number of rotatable bonds is 9. The summed E-state index contributed by atoms with van der Waals surface area (Å²) in [4.78, 5) is 2.51. The van der Waals surface area contributed by atoms with Crippen LogP contribution in [0.4, 0.5) is 11.4 Å². The Morgan fingerprint density at radius 2 is 1.02 bits per heavy atom. The van der Waals surface area contributed by atoms with Gasteiger partial charge in [0.25, 0.3) is 0 Å². The van der Waals surface area contributed by atoms with Crippen molar-refractivity contribution >= 4 is 16.9 Å². The number of allylic oxidation sites excluding steroid dienone is 14. The van der Waals surface area contributed by atoms with E-state index in [0.717, 1.165) is 19.3 Å². The average Bonchev–Trinajstić information content (AvgIpc) is 3.23. The summed E-state index contributed by atoms with van der Waals surface area (Å²) < 4.78 is 0. The van der Waals surface area contributed by atoms with E-state index in [9.17, 15) is 0 Å². The molecule has 5 aromatic rings. The topological polar surface area (TPSA) is 3.24 Å². The van der Waals surface area contributed by atoms with Crippen molar-refractivity contribution in [1.82, 2.24) is 0 Å². The van der Waals surface area contributed by atoms with E-state index in [-0.39, 0.29) is 6.04 Å². The van der Waals surface area contributed by atoms with Crippen LogP contribution in [0.5, 0.6) is 0 Å². The van der Waals surface area contributed by atoms with Crippen LogP contribution < -0.4 is 4.90 Å². The fraction of sp³-hybridized carbons (Fsp3) is 0.115. The summed E-state index contributed by atoms with van der Waals surface area (Å²) in [6.07, 6.45) is 27.5. The van der Waals surface area contributed by atoms with Gasteiger partial charge in [-0.15, -0.1) is 0 Å². The van der Waals surface area contributed by atoms with E-state index in [0.29, 0.717) is 0 Å². The maximum Gasteiger partial charge on any atom is 0.0566 e. The quantitative estimate of drug-likeness (QED) is 0.140. The Hall–Kier alpha value is -6.18. The van der Waals surface area contributed by atoms with Gasteiger partial charge in [0.15, 0.2) is 0 Å². The van der Waals surface area contributed by atoms with E-state index in [1.165, 1.54) is 67.1 Å². The second-order valence-electron chi connectivity index (χ2n) is 13.7. The molecule has 5 aromatic carbocycles. The fourth-order valence-electron chi connectivity index (χ4n) is 7.15. The smallest absolute Gasteiger partial charge is 0.0566 e. The van der Waals surface area contributed by atoms with E-state index in [1.54, 1.807) is 0 Å². The van der Waals surface area contributed by atoms with Crippen LogP contribution in [0, 0.1) is 0 Å². The van der Waals surface area contributed by atoms with Gasteiger partial charge in [0.1, 0.15) is 0 Å². The van der Waals surface area contributed by atoms with Crippen molar-refractivity contribution in [2.24, 2.45) is 0 Å². The Bertz CT molecular complexity index is 2140. The van der Waals surface area contributed by atoms with Crippen molar-refractivity contribution in [3.63, 3.8) is 0 Å². The van der Waals surface area contributed by atoms with Crippen molar-refractivity contribution in [3.8, 4) is 22.3 Å². The highest BCUT2D eigenvalue weighted by Gasteiger charge is 2.25. The number of benzene rings is 5. The second kappa shape index (κ2) is 17.4. The van der Waals surface area contributed by atoms with E-state index in [1.807, 2.05) is 0 Å². The van der Waals surface area contributed by atoms with Gasteiger partial charge in [-0.1, -0.05) is 182 Å². The minimum atomic E-state index is 0.111. The van der Waals surface area contributed by atoms with Crippen molar-refractivity contribution in [2.45, 2.75) is 39.2 Å². The Morgan fingerprint density at radius 3 is 1.60 bits per heavy atom. The summed E-state index contributed by atoms with van der Waals surface area (Å²) in [5.41, 5.74) is 15.0. The maximum absolute atomic E-state index is 2.51. The number of nitrogens with zero attached hydrogens (tertiary/aromatic N) is 1. The molecule has 0 saturated carbocycles. The Balaban J connectivity index is 1.26.